The summed E-state index contributed by atoms with van der Waals surface area (Å²) in [5.74, 6) is -0.374. The van der Waals surface area contributed by atoms with Gasteiger partial charge in [0.2, 0.25) is 5.91 Å². The minimum absolute atomic E-state index is 0.0318. The largest absolute Gasteiger partial charge is 0.377 e. The third-order valence-electron chi connectivity index (χ3n) is 2.79. The summed E-state index contributed by atoms with van der Waals surface area (Å²) >= 11 is 0. The fourth-order valence-electron chi connectivity index (χ4n) is 1.40. The number of halogens is 1. The molecule has 0 rings (SSSR count). The van der Waals surface area contributed by atoms with Crippen molar-refractivity contribution in [2.24, 2.45) is 5.92 Å². The number of carbonyl (C=O) groups is 2. The topological polar surface area (TPSA) is 73.9 Å². The Bertz CT molecular complexity index is 325. The minimum Gasteiger partial charge on any atom is -0.377 e. The quantitative estimate of drug-likeness (QED) is 0.515. The van der Waals surface area contributed by atoms with E-state index in [-0.39, 0.29) is 37.4 Å². The molecule has 1 N–H and O–H groups in total. The van der Waals surface area contributed by atoms with Crippen LogP contribution >= 0.6 is 0 Å². The van der Waals surface area contributed by atoms with Crippen LogP contribution in [0.5, 0.6) is 0 Å². The zero-order chi connectivity index (χ0) is 17.0. The van der Waals surface area contributed by atoms with Crippen molar-refractivity contribution in [1.29, 1.82) is 0 Å². The van der Waals surface area contributed by atoms with Gasteiger partial charge in [-0.1, -0.05) is 13.8 Å². The molecule has 0 spiro atoms. The molecule has 130 valence electrons. The van der Waals surface area contributed by atoms with E-state index in [1.54, 1.807) is 20.8 Å². The van der Waals surface area contributed by atoms with E-state index >= 15 is 0 Å². The first-order valence-electron chi connectivity index (χ1n) is 7.52. The Morgan fingerprint density at radius 3 is 2.23 bits per heavy atom. The van der Waals surface area contributed by atoms with Crippen molar-refractivity contribution in [3.63, 3.8) is 0 Å². The summed E-state index contributed by atoms with van der Waals surface area (Å²) in [5, 5.41) is 2.53. The van der Waals surface area contributed by atoms with Gasteiger partial charge >= 0.3 is 0 Å². The van der Waals surface area contributed by atoms with E-state index in [0.717, 1.165) is 0 Å². The molecule has 0 aromatic rings. The third kappa shape index (κ3) is 11.6. The SMILES string of the molecule is CC(=O)COCCOCCOC(C)C(F)CNC(=O)C(C)C. The Morgan fingerprint density at radius 2 is 1.64 bits per heavy atom. The van der Waals surface area contributed by atoms with E-state index in [0.29, 0.717) is 19.8 Å². The highest BCUT2D eigenvalue weighted by Crippen LogP contribution is 2.03. The molecule has 0 aliphatic heterocycles. The lowest BCUT2D eigenvalue weighted by atomic mass is 10.2. The summed E-state index contributed by atoms with van der Waals surface area (Å²) in [6, 6.07) is 0. The maximum Gasteiger partial charge on any atom is 0.222 e. The van der Waals surface area contributed by atoms with Crippen LogP contribution in [0.4, 0.5) is 4.39 Å². The van der Waals surface area contributed by atoms with Crippen LogP contribution in [0.15, 0.2) is 0 Å². The highest BCUT2D eigenvalue weighted by atomic mass is 19.1. The van der Waals surface area contributed by atoms with E-state index in [4.69, 9.17) is 14.2 Å². The monoisotopic (exact) mass is 321 g/mol. The zero-order valence-corrected chi connectivity index (χ0v) is 13.9. The lowest BCUT2D eigenvalue weighted by molar-refractivity contribution is -0.125. The molecule has 0 fully saturated rings. The van der Waals surface area contributed by atoms with Gasteiger partial charge in [-0.25, -0.2) is 4.39 Å². The summed E-state index contributed by atoms with van der Waals surface area (Å²) in [4.78, 5) is 21.9. The molecule has 0 saturated carbocycles. The number of Topliss-reactive ketones (excluding diaryl/α,β-unsaturated/α-hetero) is 1. The number of nitrogens with one attached hydrogen (secondary N) is 1. The molecule has 0 aliphatic rings. The van der Waals surface area contributed by atoms with Crippen molar-refractivity contribution in [2.75, 3.05) is 39.6 Å². The molecule has 0 aliphatic carbocycles. The van der Waals surface area contributed by atoms with E-state index in [2.05, 4.69) is 5.32 Å². The second-order valence-corrected chi connectivity index (χ2v) is 5.36. The van der Waals surface area contributed by atoms with Crippen LogP contribution < -0.4 is 5.32 Å². The molecule has 7 heteroatoms. The van der Waals surface area contributed by atoms with Crippen LogP contribution in [-0.4, -0.2) is 63.5 Å². The van der Waals surface area contributed by atoms with Crippen molar-refractivity contribution in [3.05, 3.63) is 0 Å². The number of hydrogen-bond donors (Lipinski definition) is 1. The van der Waals surface area contributed by atoms with Crippen LogP contribution in [0.25, 0.3) is 0 Å². The van der Waals surface area contributed by atoms with Gasteiger partial charge in [-0.15, -0.1) is 0 Å². The van der Waals surface area contributed by atoms with E-state index in [1.165, 1.54) is 6.92 Å². The van der Waals surface area contributed by atoms with E-state index in [1.807, 2.05) is 0 Å². The molecular formula is C15H28FNO5. The van der Waals surface area contributed by atoms with Gasteiger partial charge in [-0.05, 0) is 13.8 Å². The van der Waals surface area contributed by atoms with Crippen LogP contribution in [0, 0.1) is 5.92 Å². The Kier molecular flexibility index (Phi) is 11.9. The van der Waals surface area contributed by atoms with Gasteiger partial charge in [0.05, 0.1) is 39.1 Å². The van der Waals surface area contributed by atoms with Crippen LogP contribution in [0.2, 0.25) is 0 Å². The summed E-state index contributed by atoms with van der Waals surface area (Å²) in [5.41, 5.74) is 0. The van der Waals surface area contributed by atoms with Crippen LogP contribution in [0.3, 0.4) is 0 Å². The molecule has 22 heavy (non-hydrogen) atoms. The number of carbonyl (C=O) groups excluding carboxylic acids is 2. The molecule has 6 nitrogen and oxygen atoms in total. The Labute approximate surface area is 131 Å². The predicted octanol–water partition coefficient (Wildman–Crippen LogP) is 1.12. The van der Waals surface area contributed by atoms with Crippen molar-refractivity contribution < 1.29 is 28.2 Å². The fraction of sp³-hybridized carbons (Fsp3) is 0.867. The molecule has 0 saturated heterocycles. The first kappa shape index (κ1) is 20.9. The summed E-state index contributed by atoms with van der Waals surface area (Å²) in [7, 11) is 0. The highest BCUT2D eigenvalue weighted by Gasteiger charge is 2.18. The van der Waals surface area contributed by atoms with Crippen molar-refractivity contribution >= 4 is 11.7 Å². The van der Waals surface area contributed by atoms with E-state index < -0.39 is 12.3 Å². The molecule has 2 unspecified atom stereocenters. The van der Waals surface area contributed by atoms with Gasteiger partial charge in [0.25, 0.3) is 0 Å². The first-order chi connectivity index (χ1) is 10.3. The number of rotatable bonds is 13. The Morgan fingerprint density at radius 1 is 1.05 bits per heavy atom. The molecular weight excluding hydrogens is 293 g/mol. The average Bonchev–Trinajstić information content (AvgIpc) is 2.46. The minimum atomic E-state index is -1.26. The fourth-order valence-corrected chi connectivity index (χ4v) is 1.40. The van der Waals surface area contributed by atoms with Gasteiger partial charge in [-0.3, -0.25) is 9.59 Å². The van der Waals surface area contributed by atoms with Crippen molar-refractivity contribution in [2.45, 2.75) is 40.0 Å². The van der Waals surface area contributed by atoms with Gasteiger partial charge < -0.3 is 19.5 Å². The van der Waals surface area contributed by atoms with Crippen LogP contribution in [-0.2, 0) is 23.8 Å². The standard InChI is InChI=1S/C15H28FNO5/c1-11(2)15(19)17-9-14(16)13(4)22-8-7-20-5-6-21-10-12(3)18/h11,13-14H,5-10H2,1-4H3,(H,17,19). The number of amides is 1. The summed E-state index contributed by atoms with van der Waals surface area (Å²) in [6.07, 6.45) is -1.88. The molecule has 0 radical (unpaired) electrons. The maximum atomic E-state index is 13.7. The maximum absolute atomic E-state index is 13.7. The molecule has 2 atom stereocenters. The predicted molar refractivity (Wildman–Crippen MR) is 80.5 cm³/mol. The lowest BCUT2D eigenvalue weighted by Crippen LogP contribution is -2.38. The second kappa shape index (κ2) is 12.5. The number of hydrogen-bond acceptors (Lipinski definition) is 5. The van der Waals surface area contributed by atoms with Gasteiger partial charge in [0.1, 0.15) is 12.8 Å². The van der Waals surface area contributed by atoms with Crippen LogP contribution in [0.1, 0.15) is 27.7 Å². The number of ether oxygens (including phenoxy) is 3. The van der Waals surface area contributed by atoms with Gasteiger partial charge in [0, 0.05) is 5.92 Å². The third-order valence-corrected chi connectivity index (χ3v) is 2.79. The summed E-state index contributed by atoms with van der Waals surface area (Å²) < 4.78 is 29.3. The number of ketones is 1. The Hall–Kier alpha value is -1.05. The number of alkyl halides is 1. The van der Waals surface area contributed by atoms with Gasteiger partial charge in [-0.2, -0.15) is 0 Å². The normalized spacial score (nSPS) is 13.9. The summed E-state index contributed by atoms with van der Waals surface area (Å²) in [6.45, 7) is 7.86. The van der Waals surface area contributed by atoms with E-state index in [9.17, 15) is 14.0 Å². The first-order valence-corrected chi connectivity index (χ1v) is 7.52. The molecule has 0 heterocycles. The van der Waals surface area contributed by atoms with Crippen molar-refractivity contribution in [1.82, 2.24) is 5.32 Å². The molecule has 0 aromatic carbocycles. The molecule has 1 amide bonds. The zero-order valence-electron chi connectivity index (χ0n) is 13.9. The lowest BCUT2D eigenvalue weighted by Gasteiger charge is -2.18. The second-order valence-electron chi connectivity index (χ2n) is 5.36. The smallest absolute Gasteiger partial charge is 0.222 e. The van der Waals surface area contributed by atoms with Gasteiger partial charge in [0.15, 0.2) is 5.78 Å². The average molecular weight is 321 g/mol. The molecule has 0 bridgehead atoms. The van der Waals surface area contributed by atoms with Crippen molar-refractivity contribution in [3.8, 4) is 0 Å². The Balaban J connectivity index is 3.53. The highest BCUT2D eigenvalue weighted by molar-refractivity contribution is 5.77. The molecule has 0 aromatic heterocycles.